The predicted molar refractivity (Wildman–Crippen MR) is 88.4 cm³/mol. The summed E-state index contributed by atoms with van der Waals surface area (Å²) in [5.41, 5.74) is 2.19. The highest BCUT2D eigenvalue weighted by molar-refractivity contribution is 5.67. The number of aryl methyl sites for hydroxylation is 1. The van der Waals surface area contributed by atoms with Gasteiger partial charge in [-0.3, -0.25) is 4.79 Å². The van der Waals surface area contributed by atoms with Gasteiger partial charge in [0, 0.05) is 0 Å². The van der Waals surface area contributed by atoms with Crippen LogP contribution in [0.3, 0.4) is 0 Å². The first-order chi connectivity index (χ1) is 11.1. The summed E-state index contributed by atoms with van der Waals surface area (Å²) in [4.78, 5) is 10.5. The zero-order valence-electron chi connectivity index (χ0n) is 13.0. The standard InChI is InChI=1S/C19H22O4/c20-17(13-19(21)22)11-6-10-16-9-4-5-12-18(16)23-14-15-7-2-1-3-8-15/h1-5,7-9,12,17,20H,6,10-11,13-14H2,(H,21,22). The Hall–Kier alpha value is -2.33. The van der Waals surface area contributed by atoms with E-state index in [-0.39, 0.29) is 6.42 Å². The lowest BCUT2D eigenvalue weighted by Crippen LogP contribution is -2.13. The van der Waals surface area contributed by atoms with Crippen LogP contribution in [0.15, 0.2) is 54.6 Å². The van der Waals surface area contributed by atoms with Gasteiger partial charge in [-0.1, -0.05) is 48.5 Å². The number of carboxylic acid groups (broad SMARTS) is 1. The van der Waals surface area contributed by atoms with Crippen molar-refractivity contribution >= 4 is 5.97 Å². The van der Waals surface area contributed by atoms with E-state index >= 15 is 0 Å². The zero-order chi connectivity index (χ0) is 16.5. The number of aliphatic carboxylic acids is 1. The Morgan fingerprint density at radius 2 is 1.74 bits per heavy atom. The quantitative estimate of drug-likeness (QED) is 0.744. The highest BCUT2D eigenvalue weighted by atomic mass is 16.5. The third-order valence-corrected chi connectivity index (χ3v) is 3.60. The molecule has 2 rings (SSSR count). The first-order valence-corrected chi connectivity index (χ1v) is 7.79. The summed E-state index contributed by atoms with van der Waals surface area (Å²) < 4.78 is 5.89. The molecule has 4 nitrogen and oxygen atoms in total. The van der Waals surface area contributed by atoms with E-state index in [1.807, 2.05) is 54.6 Å². The van der Waals surface area contributed by atoms with Gasteiger partial charge in [0.15, 0.2) is 0 Å². The van der Waals surface area contributed by atoms with Crippen LogP contribution in [0.25, 0.3) is 0 Å². The fourth-order valence-corrected chi connectivity index (χ4v) is 2.42. The van der Waals surface area contributed by atoms with Crippen molar-refractivity contribution in [3.05, 3.63) is 65.7 Å². The molecular weight excluding hydrogens is 292 g/mol. The molecule has 2 aromatic rings. The van der Waals surface area contributed by atoms with Gasteiger partial charge in [0.05, 0.1) is 12.5 Å². The second-order valence-electron chi connectivity index (χ2n) is 5.53. The number of ether oxygens (including phenoxy) is 1. The molecule has 0 bridgehead atoms. The van der Waals surface area contributed by atoms with E-state index in [2.05, 4.69) is 0 Å². The van der Waals surface area contributed by atoms with Crippen molar-refractivity contribution in [1.29, 1.82) is 0 Å². The van der Waals surface area contributed by atoms with Gasteiger partial charge in [-0.25, -0.2) is 0 Å². The molecule has 0 saturated heterocycles. The summed E-state index contributed by atoms with van der Waals surface area (Å²) in [6, 6.07) is 17.8. The van der Waals surface area contributed by atoms with Gasteiger partial charge in [-0.2, -0.15) is 0 Å². The second kappa shape index (κ2) is 8.96. The van der Waals surface area contributed by atoms with E-state index in [1.54, 1.807) is 0 Å². The van der Waals surface area contributed by atoms with Crippen LogP contribution in [-0.2, 0) is 17.8 Å². The Morgan fingerprint density at radius 1 is 1.04 bits per heavy atom. The van der Waals surface area contributed by atoms with Crippen LogP contribution in [0.1, 0.15) is 30.4 Å². The Kier molecular flexibility index (Phi) is 6.63. The van der Waals surface area contributed by atoms with Crippen LogP contribution in [0, 0.1) is 0 Å². The number of aliphatic hydroxyl groups excluding tert-OH is 1. The van der Waals surface area contributed by atoms with Crippen LogP contribution >= 0.6 is 0 Å². The molecule has 0 saturated carbocycles. The van der Waals surface area contributed by atoms with Gasteiger partial charge in [-0.05, 0) is 36.5 Å². The summed E-state index contributed by atoms with van der Waals surface area (Å²) >= 11 is 0. The Balaban J connectivity index is 1.86. The van der Waals surface area contributed by atoms with Gasteiger partial charge in [0.2, 0.25) is 0 Å². The second-order valence-corrected chi connectivity index (χ2v) is 5.53. The van der Waals surface area contributed by atoms with Crippen molar-refractivity contribution in [2.45, 2.75) is 38.4 Å². The van der Waals surface area contributed by atoms with Crippen LogP contribution in [0.2, 0.25) is 0 Å². The normalized spacial score (nSPS) is 11.9. The molecular formula is C19H22O4. The lowest BCUT2D eigenvalue weighted by molar-refractivity contribution is -0.139. The van der Waals surface area contributed by atoms with Crippen LogP contribution in [0.5, 0.6) is 5.75 Å². The largest absolute Gasteiger partial charge is 0.489 e. The molecule has 0 fully saturated rings. The number of hydrogen-bond donors (Lipinski definition) is 2. The molecule has 0 heterocycles. The van der Waals surface area contributed by atoms with E-state index in [4.69, 9.17) is 9.84 Å². The molecule has 0 aliphatic heterocycles. The predicted octanol–water partition coefficient (Wildman–Crippen LogP) is 3.42. The van der Waals surface area contributed by atoms with Crippen molar-refractivity contribution in [1.82, 2.24) is 0 Å². The van der Waals surface area contributed by atoms with E-state index in [9.17, 15) is 9.90 Å². The molecule has 0 aromatic heterocycles. The number of carbonyl (C=O) groups is 1. The Morgan fingerprint density at radius 3 is 2.48 bits per heavy atom. The molecule has 0 aliphatic carbocycles. The summed E-state index contributed by atoms with van der Waals surface area (Å²) in [7, 11) is 0. The highest BCUT2D eigenvalue weighted by Gasteiger charge is 2.10. The Labute approximate surface area is 136 Å². The van der Waals surface area contributed by atoms with Crippen molar-refractivity contribution in [3.63, 3.8) is 0 Å². The van der Waals surface area contributed by atoms with E-state index in [1.165, 1.54) is 0 Å². The minimum absolute atomic E-state index is 0.202. The molecule has 2 N–H and O–H groups in total. The Bertz CT molecular complexity index is 610. The van der Waals surface area contributed by atoms with Gasteiger partial charge in [0.1, 0.15) is 12.4 Å². The van der Waals surface area contributed by atoms with Crippen molar-refractivity contribution in [2.24, 2.45) is 0 Å². The molecule has 1 unspecified atom stereocenters. The number of hydrogen-bond acceptors (Lipinski definition) is 3. The first-order valence-electron chi connectivity index (χ1n) is 7.79. The van der Waals surface area contributed by atoms with Gasteiger partial charge in [-0.15, -0.1) is 0 Å². The summed E-state index contributed by atoms with van der Waals surface area (Å²) in [6.07, 6.45) is 0.956. The minimum Gasteiger partial charge on any atom is -0.489 e. The number of rotatable bonds is 9. The average molecular weight is 314 g/mol. The molecule has 122 valence electrons. The lowest BCUT2D eigenvalue weighted by Gasteiger charge is -2.12. The molecule has 23 heavy (non-hydrogen) atoms. The molecule has 2 aromatic carbocycles. The van der Waals surface area contributed by atoms with Crippen LogP contribution in [0.4, 0.5) is 0 Å². The fourth-order valence-electron chi connectivity index (χ4n) is 2.42. The van der Waals surface area contributed by atoms with Crippen molar-refractivity contribution in [3.8, 4) is 5.75 Å². The van der Waals surface area contributed by atoms with Crippen molar-refractivity contribution < 1.29 is 19.7 Å². The molecule has 0 spiro atoms. The maximum absolute atomic E-state index is 10.5. The van der Waals surface area contributed by atoms with E-state index < -0.39 is 12.1 Å². The van der Waals surface area contributed by atoms with E-state index in [0.29, 0.717) is 13.0 Å². The third kappa shape index (κ3) is 6.12. The molecule has 4 heteroatoms. The number of aliphatic hydroxyl groups is 1. The maximum atomic E-state index is 10.5. The van der Waals surface area contributed by atoms with Crippen LogP contribution in [-0.4, -0.2) is 22.3 Å². The average Bonchev–Trinajstić information content (AvgIpc) is 2.54. The summed E-state index contributed by atoms with van der Waals surface area (Å²) in [5, 5.41) is 18.2. The van der Waals surface area contributed by atoms with Gasteiger partial charge >= 0.3 is 5.97 Å². The highest BCUT2D eigenvalue weighted by Crippen LogP contribution is 2.22. The maximum Gasteiger partial charge on any atom is 0.305 e. The van der Waals surface area contributed by atoms with Crippen LogP contribution < -0.4 is 4.74 Å². The monoisotopic (exact) mass is 314 g/mol. The number of para-hydroxylation sites is 1. The number of benzene rings is 2. The smallest absolute Gasteiger partial charge is 0.305 e. The summed E-state index contributed by atoms with van der Waals surface area (Å²) in [5.74, 6) is -0.131. The SMILES string of the molecule is O=C(O)CC(O)CCCc1ccccc1OCc1ccccc1. The van der Waals surface area contributed by atoms with Gasteiger partial charge < -0.3 is 14.9 Å². The molecule has 0 aliphatic rings. The topological polar surface area (TPSA) is 66.8 Å². The van der Waals surface area contributed by atoms with E-state index in [0.717, 1.165) is 29.7 Å². The van der Waals surface area contributed by atoms with Crippen molar-refractivity contribution in [2.75, 3.05) is 0 Å². The number of carboxylic acids is 1. The molecule has 0 amide bonds. The van der Waals surface area contributed by atoms with Gasteiger partial charge in [0.25, 0.3) is 0 Å². The first kappa shape index (κ1) is 17.0. The molecule has 0 radical (unpaired) electrons. The fraction of sp³-hybridized carbons (Fsp3) is 0.316. The summed E-state index contributed by atoms with van der Waals surface area (Å²) in [6.45, 7) is 0.513. The lowest BCUT2D eigenvalue weighted by atomic mass is 10.0. The minimum atomic E-state index is -0.968. The zero-order valence-corrected chi connectivity index (χ0v) is 13.0. The third-order valence-electron chi connectivity index (χ3n) is 3.60. The molecule has 1 atom stereocenters.